The van der Waals surface area contributed by atoms with E-state index < -0.39 is 0 Å². The van der Waals surface area contributed by atoms with E-state index in [4.69, 9.17) is 15.0 Å². The third-order valence-electron chi connectivity index (χ3n) is 13.3. The van der Waals surface area contributed by atoms with Crippen LogP contribution in [0.4, 0.5) is 11.4 Å². The first-order valence-corrected chi connectivity index (χ1v) is 22.9. The van der Waals surface area contributed by atoms with Crippen molar-refractivity contribution in [2.75, 3.05) is 11.9 Å². The molecule has 1 atom stereocenters. The molecule has 1 aliphatic heterocycles. The molecule has 4 heterocycles. The third-order valence-corrected chi connectivity index (χ3v) is 13.3. The molecule has 3 aromatic heterocycles. The van der Waals surface area contributed by atoms with Gasteiger partial charge in [-0.05, 0) is 64.7 Å². The summed E-state index contributed by atoms with van der Waals surface area (Å²) in [5, 5.41) is 8.60. The number of fused-ring (bicyclic) bond motifs is 7. The van der Waals surface area contributed by atoms with Crippen LogP contribution in [0, 0.1) is 0 Å². The summed E-state index contributed by atoms with van der Waals surface area (Å²) >= 11 is 0. The predicted molar refractivity (Wildman–Crippen MR) is 277 cm³/mol. The van der Waals surface area contributed by atoms with E-state index >= 15 is 0 Å². The molecule has 0 radical (unpaired) electrons. The number of rotatable bonds is 7. The van der Waals surface area contributed by atoms with E-state index in [-0.39, 0.29) is 5.92 Å². The van der Waals surface area contributed by atoms with Gasteiger partial charge in [0.25, 0.3) is 0 Å². The Balaban J connectivity index is 0.962. The highest BCUT2D eigenvalue weighted by Gasteiger charge is 2.25. The van der Waals surface area contributed by atoms with Crippen LogP contribution in [0.2, 0.25) is 0 Å². The van der Waals surface area contributed by atoms with Crippen molar-refractivity contribution in [3.05, 3.63) is 242 Å². The molecular weight excluding hydrogens is 817 g/mol. The molecule has 0 fully saturated rings. The molecule has 1 N–H and O–H groups in total. The van der Waals surface area contributed by atoms with Crippen molar-refractivity contribution >= 4 is 60.7 Å². The number of para-hydroxylation sites is 2. The Bertz CT molecular complexity index is 3800. The van der Waals surface area contributed by atoms with Crippen LogP contribution in [0.15, 0.2) is 236 Å². The van der Waals surface area contributed by atoms with Crippen LogP contribution in [-0.2, 0) is 0 Å². The van der Waals surface area contributed by atoms with Gasteiger partial charge in [-0.15, -0.1) is 0 Å². The molecule has 0 saturated carbocycles. The van der Waals surface area contributed by atoms with Crippen molar-refractivity contribution in [1.82, 2.24) is 19.1 Å². The number of hydrogen-bond acceptors (Lipinski definition) is 4. The zero-order valence-electron chi connectivity index (χ0n) is 36.5. The van der Waals surface area contributed by atoms with Crippen molar-refractivity contribution in [2.45, 2.75) is 5.92 Å². The summed E-state index contributed by atoms with van der Waals surface area (Å²) in [6.45, 7) is 0.723. The van der Waals surface area contributed by atoms with Crippen molar-refractivity contribution in [1.29, 1.82) is 0 Å². The normalized spacial score (nSPS) is 13.7. The van der Waals surface area contributed by atoms with Gasteiger partial charge in [-0.3, -0.25) is 4.57 Å². The van der Waals surface area contributed by atoms with Gasteiger partial charge in [0.15, 0.2) is 5.82 Å². The number of aromatic nitrogens is 4. The van der Waals surface area contributed by atoms with Gasteiger partial charge in [0.05, 0.1) is 44.8 Å². The van der Waals surface area contributed by atoms with E-state index in [1.165, 1.54) is 27.1 Å². The van der Waals surface area contributed by atoms with E-state index in [9.17, 15) is 0 Å². The zero-order chi connectivity index (χ0) is 44.3. The van der Waals surface area contributed by atoms with Crippen molar-refractivity contribution in [3.63, 3.8) is 0 Å². The minimum absolute atomic E-state index is 0.0810. The van der Waals surface area contributed by atoms with Gasteiger partial charge in [-0.1, -0.05) is 182 Å². The summed E-state index contributed by atoms with van der Waals surface area (Å²) in [5.41, 5.74) is 16.1. The van der Waals surface area contributed by atoms with Gasteiger partial charge in [0.2, 0.25) is 0 Å². The molecule has 12 aromatic rings. The van der Waals surface area contributed by atoms with Crippen LogP contribution < -0.4 is 5.32 Å². The fraction of sp³-hybridized carbons (Fsp3) is 0.0328. The second kappa shape index (κ2) is 16.0. The molecule has 9 aromatic carbocycles. The Hall–Kier alpha value is -8.87. The molecule has 1 unspecified atom stereocenters. The van der Waals surface area contributed by atoms with Crippen LogP contribution in [0.1, 0.15) is 17.0 Å². The lowest BCUT2D eigenvalue weighted by Gasteiger charge is -2.19. The summed E-state index contributed by atoms with van der Waals surface area (Å²) in [4.78, 5) is 15.8. The van der Waals surface area contributed by atoms with Gasteiger partial charge in [-0.25, -0.2) is 15.0 Å². The largest absolute Gasteiger partial charge is 0.382 e. The number of hydrogen-bond donors (Lipinski definition) is 1. The number of nitrogens with zero attached hydrogens (tertiary/aromatic N) is 5. The molecule has 0 amide bonds. The van der Waals surface area contributed by atoms with Gasteiger partial charge in [0.1, 0.15) is 5.82 Å². The fourth-order valence-corrected chi connectivity index (χ4v) is 10.1. The first-order chi connectivity index (χ1) is 33.2. The maximum absolute atomic E-state index is 5.41. The number of anilines is 1. The van der Waals surface area contributed by atoms with Gasteiger partial charge in [-0.2, -0.15) is 0 Å². The monoisotopic (exact) mass is 858 g/mol. The first kappa shape index (κ1) is 38.6. The number of nitrogens with one attached hydrogen (secondary N) is 1. The number of benzene rings is 9. The van der Waals surface area contributed by atoms with Crippen LogP contribution in [0.25, 0.3) is 88.9 Å². The average molecular weight is 859 g/mol. The van der Waals surface area contributed by atoms with E-state index in [0.29, 0.717) is 5.82 Å². The molecule has 6 heteroatoms. The molecule has 6 nitrogen and oxygen atoms in total. The maximum atomic E-state index is 5.41. The molecule has 1 aliphatic rings. The smallest absolute Gasteiger partial charge is 0.162 e. The SMILES string of the molecule is c1ccc(C2=Nc3ccc(-n4c5ccccc5c5ccc(-c6ccc7c8ccccc8n(-c8cc(-c9ccccc9)nc(-c9ccccc9)n8)c7c6)cc54)cc3NCC2c2ccccc2)cc1. The highest BCUT2D eigenvalue weighted by Crippen LogP contribution is 2.41. The minimum atomic E-state index is 0.0810. The predicted octanol–water partition coefficient (Wildman–Crippen LogP) is 15.0. The van der Waals surface area contributed by atoms with E-state index in [1.54, 1.807) is 0 Å². The second-order valence-electron chi connectivity index (χ2n) is 17.2. The van der Waals surface area contributed by atoms with Crippen molar-refractivity contribution < 1.29 is 0 Å². The molecule has 13 rings (SSSR count). The molecule has 0 saturated heterocycles. The Morgan fingerprint density at radius 2 is 0.940 bits per heavy atom. The quantitative estimate of drug-likeness (QED) is 0.174. The van der Waals surface area contributed by atoms with Gasteiger partial charge in [0, 0.05) is 56.9 Å². The lowest BCUT2D eigenvalue weighted by Crippen LogP contribution is -2.20. The van der Waals surface area contributed by atoms with Crippen molar-refractivity contribution in [2.24, 2.45) is 4.99 Å². The molecule has 67 heavy (non-hydrogen) atoms. The van der Waals surface area contributed by atoms with E-state index in [1.807, 2.05) is 24.3 Å². The highest BCUT2D eigenvalue weighted by atomic mass is 15.1. The second-order valence-corrected chi connectivity index (χ2v) is 17.2. The molecule has 0 bridgehead atoms. The molecule has 316 valence electrons. The van der Waals surface area contributed by atoms with Gasteiger partial charge < -0.3 is 9.88 Å². The lowest BCUT2D eigenvalue weighted by molar-refractivity contribution is 0.938. The summed E-state index contributed by atoms with van der Waals surface area (Å²) in [7, 11) is 0. The zero-order valence-corrected chi connectivity index (χ0v) is 36.5. The Morgan fingerprint density at radius 3 is 1.60 bits per heavy atom. The Kier molecular flexibility index (Phi) is 9.20. The lowest BCUT2D eigenvalue weighted by atomic mass is 9.90. The van der Waals surface area contributed by atoms with Crippen LogP contribution in [0.3, 0.4) is 0 Å². The molecule has 0 aliphatic carbocycles. The van der Waals surface area contributed by atoms with Crippen LogP contribution >= 0.6 is 0 Å². The minimum Gasteiger partial charge on any atom is -0.382 e. The van der Waals surface area contributed by atoms with Crippen LogP contribution in [0.5, 0.6) is 0 Å². The maximum Gasteiger partial charge on any atom is 0.162 e. The summed E-state index contributed by atoms with van der Waals surface area (Å²) < 4.78 is 4.71. The average Bonchev–Trinajstić information content (AvgIpc) is 3.83. The number of aliphatic imine (C=N–C) groups is 1. The molecule has 0 spiro atoms. The first-order valence-electron chi connectivity index (χ1n) is 22.9. The van der Waals surface area contributed by atoms with Crippen molar-refractivity contribution in [3.8, 4) is 45.3 Å². The fourth-order valence-electron chi connectivity index (χ4n) is 10.1. The summed E-state index contributed by atoms with van der Waals surface area (Å²) in [6, 6.07) is 81.8. The van der Waals surface area contributed by atoms with E-state index in [0.717, 1.165) is 90.7 Å². The summed E-state index contributed by atoms with van der Waals surface area (Å²) in [6.07, 6.45) is 0. The van der Waals surface area contributed by atoms with Crippen LogP contribution in [-0.4, -0.2) is 31.4 Å². The Morgan fingerprint density at radius 1 is 0.403 bits per heavy atom. The standard InChI is InChI=1S/C61H42N6/c1-5-17-40(18-6-1)51-39-62-54-37-46(31-34-52(54)63-60(51)42-21-9-3-10-22-42)66-55-27-15-13-25-47(55)49-32-29-44(35-57(49)66)45-30-33-50-48-26-14-16-28-56(48)67(58(50)36-45)59-38-53(41-19-7-2-8-20-41)64-61(65-59)43-23-11-4-12-24-43/h1-38,51,62H,39H2. The topological polar surface area (TPSA) is 60.0 Å². The Labute approximate surface area is 387 Å². The third kappa shape index (κ3) is 6.69. The summed E-state index contributed by atoms with van der Waals surface area (Å²) in [5.74, 6) is 1.58. The van der Waals surface area contributed by atoms with E-state index in [2.05, 4.69) is 221 Å². The molecular formula is C61H42N6. The van der Waals surface area contributed by atoms with Gasteiger partial charge >= 0.3 is 0 Å². The highest BCUT2D eigenvalue weighted by molar-refractivity contribution is 6.13.